The van der Waals surface area contributed by atoms with Crippen LogP contribution >= 0.6 is 0 Å². The fourth-order valence-electron chi connectivity index (χ4n) is 1.10. The summed E-state index contributed by atoms with van der Waals surface area (Å²) in [5.74, 6) is 0.592. The lowest BCUT2D eigenvalue weighted by Gasteiger charge is -2.06. The molecule has 0 aliphatic heterocycles. The predicted octanol–water partition coefficient (Wildman–Crippen LogP) is 1.99. The Hall–Kier alpha value is -1.95. The largest absolute Gasteiger partial charge is 0.375 e. The van der Waals surface area contributed by atoms with Gasteiger partial charge in [-0.05, 0) is 13.0 Å². The summed E-state index contributed by atoms with van der Waals surface area (Å²) < 4.78 is 5.28. The minimum atomic E-state index is -0.479. The van der Waals surface area contributed by atoms with Gasteiger partial charge in [-0.25, -0.2) is 4.98 Å². The van der Waals surface area contributed by atoms with E-state index in [2.05, 4.69) is 16.9 Å². The van der Waals surface area contributed by atoms with Crippen molar-refractivity contribution in [3.63, 3.8) is 0 Å². The van der Waals surface area contributed by atoms with Crippen molar-refractivity contribution in [3.8, 4) is 0 Å². The number of nitrogens with zero attached hydrogens (tertiary/aromatic N) is 2. The number of nitro groups is 1. The van der Waals surface area contributed by atoms with E-state index >= 15 is 0 Å². The molecule has 0 unspecified atom stereocenters. The van der Waals surface area contributed by atoms with Crippen LogP contribution in [-0.4, -0.2) is 29.7 Å². The van der Waals surface area contributed by atoms with Crippen LogP contribution in [0.1, 0.15) is 6.92 Å². The van der Waals surface area contributed by atoms with E-state index in [0.29, 0.717) is 25.6 Å². The van der Waals surface area contributed by atoms with E-state index in [-0.39, 0.29) is 5.69 Å². The fraction of sp³-hybridized carbons (Fsp3) is 0.364. The summed E-state index contributed by atoms with van der Waals surface area (Å²) in [5.41, 5.74) is 0.951. The molecule has 0 radical (unpaired) electrons. The number of rotatable bonds is 7. The van der Waals surface area contributed by atoms with E-state index in [1.807, 2.05) is 6.92 Å². The highest BCUT2D eigenvalue weighted by Crippen LogP contribution is 2.11. The second-order valence-electron chi connectivity index (χ2n) is 3.60. The maximum atomic E-state index is 10.4. The number of aromatic nitrogens is 1. The molecule has 0 bridgehead atoms. The second-order valence-corrected chi connectivity index (χ2v) is 3.60. The molecule has 0 amide bonds. The van der Waals surface area contributed by atoms with Gasteiger partial charge in [0.05, 0.1) is 18.1 Å². The van der Waals surface area contributed by atoms with Gasteiger partial charge in [0.25, 0.3) is 5.69 Å². The van der Waals surface area contributed by atoms with Gasteiger partial charge < -0.3 is 10.1 Å². The summed E-state index contributed by atoms with van der Waals surface area (Å²) in [6.07, 6.45) is 1.22. The third-order valence-electron chi connectivity index (χ3n) is 1.86. The van der Waals surface area contributed by atoms with Crippen LogP contribution in [0, 0.1) is 10.1 Å². The van der Waals surface area contributed by atoms with Crippen molar-refractivity contribution in [1.29, 1.82) is 0 Å². The highest BCUT2D eigenvalue weighted by molar-refractivity contribution is 5.39. The molecule has 0 aromatic carbocycles. The van der Waals surface area contributed by atoms with Crippen molar-refractivity contribution in [2.24, 2.45) is 0 Å². The Kier molecular flexibility index (Phi) is 5.09. The second kappa shape index (κ2) is 6.59. The molecule has 92 valence electrons. The van der Waals surface area contributed by atoms with Gasteiger partial charge in [0.1, 0.15) is 12.0 Å². The number of nitrogens with one attached hydrogen (secondary N) is 1. The number of anilines is 1. The monoisotopic (exact) mass is 237 g/mol. The zero-order valence-electron chi connectivity index (χ0n) is 9.68. The molecular formula is C11H15N3O3. The zero-order valence-corrected chi connectivity index (χ0v) is 9.68. The molecular weight excluding hydrogens is 222 g/mol. The van der Waals surface area contributed by atoms with Crippen LogP contribution < -0.4 is 5.32 Å². The van der Waals surface area contributed by atoms with Gasteiger partial charge in [0.15, 0.2) is 0 Å². The smallest absolute Gasteiger partial charge is 0.287 e. The topological polar surface area (TPSA) is 77.3 Å². The molecule has 1 aromatic heterocycles. The van der Waals surface area contributed by atoms with Crippen molar-refractivity contribution in [2.75, 3.05) is 25.1 Å². The summed E-state index contributed by atoms with van der Waals surface area (Å²) in [6.45, 7) is 7.28. The van der Waals surface area contributed by atoms with Crippen LogP contribution in [-0.2, 0) is 4.74 Å². The minimum absolute atomic E-state index is 0.0194. The number of ether oxygens (including phenoxy) is 1. The summed E-state index contributed by atoms with van der Waals surface area (Å²) in [5, 5.41) is 13.4. The standard InChI is InChI=1S/C11H15N3O3/c1-9(2)8-17-6-5-12-11-4-3-10(7-13-11)14(15)16/h3-4,7H,1,5-6,8H2,2H3,(H,12,13). The maximum Gasteiger partial charge on any atom is 0.287 e. The van der Waals surface area contributed by atoms with Gasteiger partial charge in [0, 0.05) is 12.6 Å². The van der Waals surface area contributed by atoms with Gasteiger partial charge in [-0.2, -0.15) is 0 Å². The van der Waals surface area contributed by atoms with Gasteiger partial charge >= 0.3 is 0 Å². The number of pyridine rings is 1. The molecule has 0 saturated carbocycles. The summed E-state index contributed by atoms with van der Waals surface area (Å²) >= 11 is 0. The third kappa shape index (κ3) is 5.07. The van der Waals surface area contributed by atoms with Crippen LogP contribution in [0.25, 0.3) is 0 Å². The highest BCUT2D eigenvalue weighted by atomic mass is 16.6. The molecule has 1 rings (SSSR count). The van der Waals surface area contributed by atoms with Crippen molar-refractivity contribution >= 4 is 11.5 Å². The molecule has 1 N–H and O–H groups in total. The molecule has 1 aromatic rings. The molecule has 0 spiro atoms. The first kappa shape index (κ1) is 13.1. The van der Waals surface area contributed by atoms with Crippen molar-refractivity contribution in [2.45, 2.75) is 6.92 Å². The highest BCUT2D eigenvalue weighted by Gasteiger charge is 2.04. The van der Waals surface area contributed by atoms with Crippen LogP contribution in [0.15, 0.2) is 30.5 Å². The molecule has 0 atom stereocenters. The summed E-state index contributed by atoms with van der Waals surface area (Å²) in [6, 6.07) is 2.97. The molecule has 0 saturated heterocycles. The van der Waals surface area contributed by atoms with Crippen LogP contribution in [0.4, 0.5) is 11.5 Å². The van der Waals surface area contributed by atoms with Gasteiger partial charge in [-0.1, -0.05) is 12.2 Å². The van der Waals surface area contributed by atoms with Crippen LogP contribution in [0.2, 0.25) is 0 Å². The first-order chi connectivity index (χ1) is 8.09. The molecule has 6 nitrogen and oxygen atoms in total. The van der Waals surface area contributed by atoms with E-state index in [4.69, 9.17) is 4.74 Å². The van der Waals surface area contributed by atoms with Crippen molar-refractivity contribution in [3.05, 3.63) is 40.6 Å². The Morgan fingerprint density at radius 2 is 2.41 bits per heavy atom. The van der Waals surface area contributed by atoms with Crippen LogP contribution in [0.5, 0.6) is 0 Å². The zero-order chi connectivity index (χ0) is 12.7. The first-order valence-corrected chi connectivity index (χ1v) is 5.16. The predicted molar refractivity (Wildman–Crippen MR) is 65.0 cm³/mol. The number of hydrogen-bond acceptors (Lipinski definition) is 5. The quantitative estimate of drug-likeness (QED) is 0.339. The van der Waals surface area contributed by atoms with Gasteiger partial charge in [0.2, 0.25) is 0 Å². The summed E-state index contributed by atoms with van der Waals surface area (Å²) in [4.78, 5) is 13.8. The lowest BCUT2D eigenvalue weighted by atomic mass is 10.4. The molecule has 0 aliphatic carbocycles. The molecule has 0 aliphatic rings. The average Bonchev–Trinajstić information content (AvgIpc) is 2.29. The average molecular weight is 237 g/mol. The van der Waals surface area contributed by atoms with Crippen LogP contribution in [0.3, 0.4) is 0 Å². The molecule has 1 heterocycles. The van der Waals surface area contributed by atoms with E-state index in [9.17, 15) is 10.1 Å². The first-order valence-electron chi connectivity index (χ1n) is 5.16. The van der Waals surface area contributed by atoms with E-state index in [1.165, 1.54) is 12.3 Å². The molecule has 0 fully saturated rings. The fourth-order valence-corrected chi connectivity index (χ4v) is 1.10. The van der Waals surface area contributed by atoms with E-state index in [0.717, 1.165) is 5.57 Å². The normalized spacial score (nSPS) is 9.94. The Morgan fingerprint density at radius 3 is 2.94 bits per heavy atom. The lowest BCUT2D eigenvalue weighted by molar-refractivity contribution is -0.385. The Morgan fingerprint density at radius 1 is 1.65 bits per heavy atom. The SMILES string of the molecule is C=C(C)COCCNc1ccc([N+](=O)[O-])cn1. The lowest BCUT2D eigenvalue weighted by Crippen LogP contribution is -2.11. The van der Waals surface area contributed by atoms with E-state index < -0.39 is 4.92 Å². The Balaban J connectivity index is 2.27. The molecule has 17 heavy (non-hydrogen) atoms. The minimum Gasteiger partial charge on any atom is -0.375 e. The molecule has 6 heteroatoms. The Labute approximate surface area is 99.5 Å². The van der Waals surface area contributed by atoms with Crippen molar-refractivity contribution in [1.82, 2.24) is 4.98 Å². The van der Waals surface area contributed by atoms with Gasteiger partial charge in [-0.3, -0.25) is 10.1 Å². The van der Waals surface area contributed by atoms with Crippen molar-refractivity contribution < 1.29 is 9.66 Å². The third-order valence-corrected chi connectivity index (χ3v) is 1.86. The number of hydrogen-bond donors (Lipinski definition) is 1. The van der Waals surface area contributed by atoms with E-state index in [1.54, 1.807) is 6.07 Å². The van der Waals surface area contributed by atoms with Gasteiger partial charge in [-0.15, -0.1) is 0 Å². The maximum absolute atomic E-state index is 10.4. The Bertz CT molecular complexity index is 389. The summed E-state index contributed by atoms with van der Waals surface area (Å²) in [7, 11) is 0.